The van der Waals surface area contributed by atoms with Gasteiger partial charge in [0.15, 0.2) is 0 Å². The van der Waals surface area contributed by atoms with Crippen molar-refractivity contribution in [1.82, 2.24) is 14.8 Å². The Morgan fingerprint density at radius 2 is 1.68 bits per heavy atom. The monoisotopic (exact) mass is 517 g/mol. The van der Waals surface area contributed by atoms with Crippen molar-refractivity contribution in [3.8, 4) is 0 Å². The molecule has 0 aliphatic heterocycles. The number of halogens is 2. The van der Waals surface area contributed by atoms with Gasteiger partial charge in [0, 0.05) is 36.2 Å². The van der Waals surface area contributed by atoms with E-state index in [-0.39, 0.29) is 30.2 Å². The lowest BCUT2D eigenvalue weighted by molar-refractivity contribution is -0.141. The second-order valence-electron chi connectivity index (χ2n) is 9.52. The van der Waals surface area contributed by atoms with E-state index in [4.69, 9.17) is 11.6 Å². The maximum atomic E-state index is 13.7. The van der Waals surface area contributed by atoms with Gasteiger partial charge < -0.3 is 14.8 Å². The molecule has 0 spiro atoms. The van der Waals surface area contributed by atoms with Crippen LogP contribution in [0.4, 0.5) is 4.39 Å². The molecule has 190 valence electrons. The zero-order valence-electron chi connectivity index (χ0n) is 20.4. The molecule has 1 N–H and O–H groups in total. The van der Waals surface area contributed by atoms with Crippen LogP contribution in [0.15, 0.2) is 85.1 Å². The van der Waals surface area contributed by atoms with Gasteiger partial charge in [-0.3, -0.25) is 9.59 Å². The minimum absolute atomic E-state index is 0.0303. The molecule has 1 saturated carbocycles. The van der Waals surface area contributed by atoms with E-state index in [1.54, 1.807) is 21.9 Å². The smallest absolute Gasteiger partial charge is 0.245 e. The number of fused-ring (bicyclic) bond motifs is 1. The number of nitrogens with zero attached hydrogens (tertiary/aromatic N) is 2. The third-order valence-corrected chi connectivity index (χ3v) is 7.29. The molecule has 0 radical (unpaired) electrons. The average molecular weight is 518 g/mol. The number of carbonyl (C=O) groups excluding carboxylic acids is 2. The Balaban J connectivity index is 1.34. The third-order valence-electron chi connectivity index (χ3n) is 6.85. The molecule has 1 aromatic heterocycles. The van der Waals surface area contributed by atoms with Gasteiger partial charge in [0.2, 0.25) is 11.8 Å². The summed E-state index contributed by atoms with van der Waals surface area (Å²) in [7, 11) is 0. The number of nitrogens with one attached hydrogen (secondary N) is 1. The minimum Gasteiger partial charge on any atom is -0.361 e. The fraction of sp³-hybridized carbons (Fsp3) is 0.267. The van der Waals surface area contributed by atoms with Crippen LogP contribution in [0.25, 0.3) is 10.9 Å². The van der Waals surface area contributed by atoms with E-state index in [9.17, 15) is 14.0 Å². The Bertz CT molecular complexity index is 1370. The topological polar surface area (TPSA) is 56.4 Å². The average Bonchev–Trinajstić information content (AvgIpc) is 3.69. The number of aromatic amines is 1. The zero-order chi connectivity index (χ0) is 25.8. The number of para-hydroxylation sites is 1. The maximum absolute atomic E-state index is 13.7. The lowest BCUT2D eigenvalue weighted by Crippen LogP contribution is -2.45. The Labute approximate surface area is 220 Å². The molecule has 1 unspecified atom stereocenters. The molecule has 1 atom stereocenters. The molecule has 0 bridgehead atoms. The van der Waals surface area contributed by atoms with E-state index < -0.39 is 5.38 Å². The second kappa shape index (κ2) is 11.2. The van der Waals surface area contributed by atoms with Gasteiger partial charge in [-0.15, -0.1) is 11.6 Å². The molecular weight excluding hydrogens is 489 g/mol. The molecule has 1 fully saturated rings. The van der Waals surface area contributed by atoms with Gasteiger partial charge in [0.1, 0.15) is 17.7 Å². The number of benzene rings is 3. The number of carbonyl (C=O) groups is 2. The highest BCUT2D eigenvalue weighted by molar-refractivity contribution is 6.30. The van der Waals surface area contributed by atoms with Gasteiger partial charge in [-0.25, -0.2) is 4.39 Å². The molecule has 0 saturated heterocycles. The van der Waals surface area contributed by atoms with Crippen LogP contribution >= 0.6 is 11.6 Å². The zero-order valence-corrected chi connectivity index (χ0v) is 21.2. The second-order valence-corrected chi connectivity index (χ2v) is 9.96. The summed E-state index contributed by atoms with van der Waals surface area (Å²) in [5, 5.41) is 0.283. The summed E-state index contributed by atoms with van der Waals surface area (Å²) in [6.07, 6.45) is 4.36. The quantitative estimate of drug-likeness (QED) is 0.268. The van der Waals surface area contributed by atoms with Crippen molar-refractivity contribution in [2.24, 2.45) is 0 Å². The predicted octanol–water partition coefficient (Wildman–Crippen LogP) is 5.85. The molecule has 2 amide bonds. The van der Waals surface area contributed by atoms with E-state index >= 15 is 0 Å². The number of aromatic nitrogens is 1. The summed E-state index contributed by atoms with van der Waals surface area (Å²) in [5.74, 6) is -0.719. The van der Waals surface area contributed by atoms with Gasteiger partial charge in [0.05, 0.1) is 0 Å². The predicted molar refractivity (Wildman–Crippen MR) is 144 cm³/mol. The first kappa shape index (κ1) is 25.0. The van der Waals surface area contributed by atoms with Gasteiger partial charge >= 0.3 is 0 Å². The number of hydrogen-bond acceptors (Lipinski definition) is 2. The van der Waals surface area contributed by atoms with Crippen molar-refractivity contribution in [2.75, 3.05) is 13.1 Å². The van der Waals surface area contributed by atoms with Crippen LogP contribution in [0.2, 0.25) is 0 Å². The summed E-state index contributed by atoms with van der Waals surface area (Å²) in [5.41, 5.74) is 3.72. The van der Waals surface area contributed by atoms with Crippen molar-refractivity contribution in [1.29, 1.82) is 0 Å². The normalized spacial score (nSPS) is 13.9. The molecular formula is C30H29ClFN3O2. The van der Waals surface area contributed by atoms with E-state index in [0.29, 0.717) is 19.5 Å². The van der Waals surface area contributed by atoms with Crippen LogP contribution in [0.5, 0.6) is 0 Å². The molecule has 7 heteroatoms. The van der Waals surface area contributed by atoms with E-state index in [1.807, 2.05) is 54.7 Å². The maximum Gasteiger partial charge on any atom is 0.245 e. The van der Waals surface area contributed by atoms with Crippen molar-refractivity contribution in [3.63, 3.8) is 0 Å². The first-order valence-corrected chi connectivity index (χ1v) is 13.0. The molecule has 4 aromatic rings. The van der Waals surface area contributed by atoms with Crippen LogP contribution < -0.4 is 0 Å². The van der Waals surface area contributed by atoms with Crippen molar-refractivity contribution < 1.29 is 14.0 Å². The van der Waals surface area contributed by atoms with Crippen LogP contribution in [0.1, 0.15) is 34.9 Å². The summed E-state index contributed by atoms with van der Waals surface area (Å²) >= 11 is 6.56. The lowest BCUT2D eigenvalue weighted by Gasteiger charge is -2.29. The number of H-pyrrole nitrogens is 1. The third kappa shape index (κ3) is 6.03. The van der Waals surface area contributed by atoms with Crippen molar-refractivity contribution in [2.45, 2.75) is 37.2 Å². The number of rotatable bonds is 10. The van der Waals surface area contributed by atoms with Gasteiger partial charge in [-0.2, -0.15) is 0 Å². The summed E-state index contributed by atoms with van der Waals surface area (Å²) in [6, 6.07) is 23.5. The molecule has 1 aliphatic rings. The van der Waals surface area contributed by atoms with Crippen LogP contribution in [-0.4, -0.2) is 45.7 Å². The molecule has 1 heterocycles. The van der Waals surface area contributed by atoms with Gasteiger partial charge in [-0.05, 0) is 54.2 Å². The molecule has 3 aromatic carbocycles. The van der Waals surface area contributed by atoms with Crippen molar-refractivity contribution in [3.05, 3.63) is 108 Å². The SMILES string of the molecule is O=C(CN(C(=O)C(Cl)c1ccccc1)C1CC1)N(CCc1c[nH]c2ccccc12)Cc1ccc(F)cc1. The fourth-order valence-corrected chi connectivity index (χ4v) is 4.90. The number of amides is 2. The Morgan fingerprint density at radius 1 is 0.973 bits per heavy atom. The van der Waals surface area contributed by atoms with Crippen LogP contribution in [0.3, 0.4) is 0 Å². The Kier molecular flexibility index (Phi) is 7.56. The number of alkyl halides is 1. The van der Waals surface area contributed by atoms with Crippen LogP contribution in [0, 0.1) is 5.82 Å². The first-order valence-electron chi connectivity index (χ1n) is 12.6. The fourth-order valence-electron chi connectivity index (χ4n) is 4.63. The van der Waals surface area contributed by atoms with E-state index in [2.05, 4.69) is 11.1 Å². The Morgan fingerprint density at radius 3 is 2.41 bits per heavy atom. The van der Waals surface area contributed by atoms with Gasteiger partial charge in [0.25, 0.3) is 0 Å². The van der Waals surface area contributed by atoms with Crippen LogP contribution in [-0.2, 0) is 22.6 Å². The molecule has 5 rings (SSSR count). The highest BCUT2D eigenvalue weighted by atomic mass is 35.5. The summed E-state index contributed by atoms with van der Waals surface area (Å²) < 4.78 is 13.5. The largest absolute Gasteiger partial charge is 0.361 e. The number of hydrogen-bond donors (Lipinski definition) is 1. The standard InChI is InChI=1S/C30H29ClFN3O2/c31-29(22-6-2-1-3-7-22)30(37)35(25-14-15-25)20-28(36)34(19-21-10-12-24(32)13-11-21)17-16-23-18-33-27-9-5-4-8-26(23)27/h1-13,18,25,29,33H,14-17,19-20H2. The molecule has 1 aliphatic carbocycles. The Hall–Kier alpha value is -3.64. The summed E-state index contributed by atoms with van der Waals surface area (Å²) in [6.45, 7) is 0.763. The summed E-state index contributed by atoms with van der Waals surface area (Å²) in [4.78, 5) is 33.7. The molecule has 5 nitrogen and oxygen atoms in total. The highest BCUT2D eigenvalue weighted by Crippen LogP contribution is 2.32. The van der Waals surface area contributed by atoms with E-state index in [1.165, 1.54) is 12.1 Å². The van der Waals surface area contributed by atoms with Gasteiger partial charge in [-0.1, -0.05) is 60.7 Å². The van der Waals surface area contributed by atoms with E-state index in [0.717, 1.165) is 40.4 Å². The minimum atomic E-state index is -0.841. The molecule has 37 heavy (non-hydrogen) atoms. The first-order chi connectivity index (χ1) is 18.0. The lowest BCUT2D eigenvalue weighted by atomic mass is 10.1. The highest BCUT2D eigenvalue weighted by Gasteiger charge is 2.37. The van der Waals surface area contributed by atoms with Crippen molar-refractivity contribution >= 4 is 34.3 Å².